The molecular formula is C8H19BO4P2. The van der Waals surface area contributed by atoms with Gasteiger partial charge in [0.2, 0.25) is 0 Å². The van der Waals surface area contributed by atoms with E-state index in [4.69, 9.17) is 14.0 Å². The standard InChI is InChI=1S/C8H19BO4P2/c1-3-11-4-5-6(10)7(13-15-14)8(9-2)12-5/h5-10,15H,3-4,14H2,1-2H3/t5-,6+,7?,8-/m1/s1. The predicted molar refractivity (Wildman–Crippen MR) is 67.1 cm³/mol. The van der Waals surface area contributed by atoms with Crippen molar-refractivity contribution in [3.63, 3.8) is 0 Å². The minimum atomic E-state index is -0.574. The molecule has 0 aromatic carbocycles. The van der Waals surface area contributed by atoms with Crippen molar-refractivity contribution in [1.29, 1.82) is 0 Å². The zero-order valence-corrected chi connectivity index (χ0v) is 11.3. The van der Waals surface area contributed by atoms with Gasteiger partial charge in [0.05, 0.1) is 12.6 Å². The van der Waals surface area contributed by atoms with Gasteiger partial charge in [-0.3, -0.25) is 0 Å². The van der Waals surface area contributed by atoms with Gasteiger partial charge in [-0.25, -0.2) is 0 Å². The van der Waals surface area contributed by atoms with Crippen LogP contribution in [0, 0.1) is 0 Å². The fourth-order valence-electron chi connectivity index (χ4n) is 1.74. The van der Waals surface area contributed by atoms with Crippen molar-refractivity contribution in [1.82, 2.24) is 0 Å². The van der Waals surface area contributed by atoms with E-state index in [1.165, 1.54) is 0 Å². The summed E-state index contributed by atoms with van der Waals surface area (Å²) in [5, 5.41) is 9.97. The largest absolute Gasteiger partial charge is 0.388 e. The second-order valence-corrected chi connectivity index (χ2v) is 4.65. The molecule has 0 spiro atoms. The summed E-state index contributed by atoms with van der Waals surface area (Å²) < 4.78 is 16.4. The third-order valence-corrected chi connectivity index (χ3v) is 3.34. The highest BCUT2D eigenvalue weighted by atomic mass is 32.0. The summed E-state index contributed by atoms with van der Waals surface area (Å²) >= 11 is 0. The Balaban J connectivity index is 2.49. The maximum Gasteiger partial charge on any atom is 0.158 e. The van der Waals surface area contributed by atoms with Crippen molar-refractivity contribution in [3.8, 4) is 0 Å². The predicted octanol–water partition coefficient (Wildman–Crippen LogP) is 0.362. The lowest BCUT2D eigenvalue weighted by Gasteiger charge is -2.18. The van der Waals surface area contributed by atoms with Crippen LogP contribution >= 0.6 is 17.4 Å². The molecule has 1 aliphatic rings. The van der Waals surface area contributed by atoms with Gasteiger partial charge >= 0.3 is 0 Å². The molecule has 1 N–H and O–H groups in total. The van der Waals surface area contributed by atoms with Crippen LogP contribution in [0.4, 0.5) is 0 Å². The van der Waals surface area contributed by atoms with E-state index in [-0.39, 0.29) is 18.2 Å². The highest BCUT2D eigenvalue weighted by molar-refractivity contribution is 8.00. The molecule has 6 atom stereocenters. The smallest absolute Gasteiger partial charge is 0.158 e. The van der Waals surface area contributed by atoms with Gasteiger partial charge in [-0.1, -0.05) is 15.8 Å². The molecular weight excluding hydrogens is 233 g/mol. The third kappa shape index (κ3) is 3.62. The highest BCUT2D eigenvalue weighted by Crippen LogP contribution is 2.32. The fourth-order valence-corrected chi connectivity index (χ4v) is 2.66. The van der Waals surface area contributed by atoms with E-state index in [1.54, 1.807) is 0 Å². The Morgan fingerprint density at radius 2 is 2.33 bits per heavy atom. The van der Waals surface area contributed by atoms with E-state index in [9.17, 15) is 5.11 Å². The molecule has 15 heavy (non-hydrogen) atoms. The molecule has 1 saturated heterocycles. The lowest BCUT2D eigenvalue weighted by atomic mass is 9.72. The lowest BCUT2D eigenvalue weighted by Crippen LogP contribution is -2.36. The molecule has 0 bridgehead atoms. The first-order chi connectivity index (χ1) is 7.24. The Morgan fingerprint density at radius 3 is 2.87 bits per heavy atom. The highest BCUT2D eigenvalue weighted by Gasteiger charge is 2.43. The van der Waals surface area contributed by atoms with Gasteiger partial charge < -0.3 is 19.1 Å². The van der Waals surface area contributed by atoms with Crippen LogP contribution < -0.4 is 0 Å². The Hall–Kier alpha value is 0.765. The molecule has 1 heterocycles. The average Bonchev–Trinajstić information content (AvgIpc) is 2.54. The van der Waals surface area contributed by atoms with E-state index >= 15 is 0 Å². The van der Waals surface area contributed by atoms with Crippen LogP contribution in [0.3, 0.4) is 0 Å². The summed E-state index contributed by atoms with van der Waals surface area (Å²) in [4.78, 5) is 0. The molecule has 0 aromatic heterocycles. The van der Waals surface area contributed by atoms with Crippen LogP contribution in [-0.2, 0) is 14.0 Å². The van der Waals surface area contributed by atoms with Gasteiger partial charge in [0.1, 0.15) is 18.3 Å². The number of ether oxygens (including phenoxy) is 2. The van der Waals surface area contributed by atoms with Crippen molar-refractivity contribution in [3.05, 3.63) is 0 Å². The van der Waals surface area contributed by atoms with E-state index < -0.39 is 6.10 Å². The summed E-state index contributed by atoms with van der Waals surface area (Å²) in [7, 11) is 3.66. The molecule has 0 saturated carbocycles. The summed E-state index contributed by atoms with van der Waals surface area (Å²) in [6, 6.07) is -0.0153. The molecule has 0 amide bonds. The minimum Gasteiger partial charge on any atom is -0.388 e. The normalized spacial score (nSPS) is 36.5. The van der Waals surface area contributed by atoms with Gasteiger partial charge in [0.15, 0.2) is 7.28 Å². The Kier molecular flexibility index (Phi) is 6.60. The first kappa shape index (κ1) is 13.8. The zero-order chi connectivity index (χ0) is 11.3. The van der Waals surface area contributed by atoms with Crippen LogP contribution in [0.1, 0.15) is 6.92 Å². The van der Waals surface area contributed by atoms with Crippen LogP contribution in [-0.4, -0.2) is 49.9 Å². The summed E-state index contributed by atoms with van der Waals surface area (Å²) in [5.41, 5.74) is 0. The molecule has 0 aliphatic carbocycles. The van der Waals surface area contributed by atoms with Gasteiger partial charge in [-0.15, -0.1) is 0 Å². The topological polar surface area (TPSA) is 47.9 Å². The molecule has 4 nitrogen and oxygen atoms in total. The van der Waals surface area contributed by atoms with E-state index in [2.05, 4.69) is 8.93 Å². The Morgan fingerprint density at radius 1 is 1.60 bits per heavy atom. The number of aliphatic hydroxyl groups excluding tert-OH is 1. The first-order valence-corrected chi connectivity index (χ1v) is 7.98. The number of aliphatic hydroxyl groups is 1. The fraction of sp³-hybridized carbons (Fsp3) is 1.00. The summed E-state index contributed by atoms with van der Waals surface area (Å²) in [5.74, 6) is 0. The third-order valence-electron chi connectivity index (χ3n) is 2.53. The van der Waals surface area contributed by atoms with Crippen molar-refractivity contribution in [2.24, 2.45) is 0 Å². The quantitative estimate of drug-likeness (QED) is 0.547. The molecule has 0 aromatic rings. The van der Waals surface area contributed by atoms with Crippen molar-refractivity contribution in [2.45, 2.75) is 38.1 Å². The van der Waals surface area contributed by atoms with Crippen molar-refractivity contribution < 1.29 is 19.1 Å². The van der Waals surface area contributed by atoms with Crippen LogP contribution in [0.25, 0.3) is 0 Å². The molecule has 1 rings (SSSR count). The first-order valence-electron chi connectivity index (χ1n) is 5.27. The molecule has 3 unspecified atom stereocenters. The number of hydrogen-bond donors (Lipinski definition) is 1. The van der Waals surface area contributed by atoms with Crippen LogP contribution in [0.2, 0.25) is 6.82 Å². The second-order valence-electron chi connectivity index (χ2n) is 3.47. The van der Waals surface area contributed by atoms with Crippen molar-refractivity contribution >= 4 is 24.7 Å². The average molecular weight is 252 g/mol. The van der Waals surface area contributed by atoms with E-state index in [1.807, 2.05) is 13.7 Å². The molecule has 88 valence electrons. The van der Waals surface area contributed by atoms with Gasteiger partial charge in [0, 0.05) is 15.1 Å². The van der Waals surface area contributed by atoms with E-state index in [0.29, 0.717) is 21.7 Å². The Bertz CT molecular complexity index is 186. The minimum absolute atomic E-state index is 0.0153. The number of hydrogen-bond acceptors (Lipinski definition) is 4. The van der Waals surface area contributed by atoms with Gasteiger partial charge in [0.25, 0.3) is 0 Å². The monoisotopic (exact) mass is 252 g/mol. The van der Waals surface area contributed by atoms with Gasteiger partial charge in [-0.2, -0.15) is 0 Å². The van der Waals surface area contributed by atoms with Gasteiger partial charge in [-0.05, 0) is 6.92 Å². The maximum absolute atomic E-state index is 9.97. The van der Waals surface area contributed by atoms with Crippen LogP contribution in [0.5, 0.6) is 0 Å². The summed E-state index contributed by atoms with van der Waals surface area (Å²) in [6.07, 6.45) is -1.04. The molecule has 7 heteroatoms. The number of rotatable bonds is 6. The lowest BCUT2D eigenvalue weighted by molar-refractivity contribution is -0.0299. The Labute approximate surface area is 95.6 Å². The second kappa shape index (κ2) is 7.16. The summed E-state index contributed by atoms with van der Waals surface area (Å²) in [6.45, 7) is 5.04. The molecule has 1 aliphatic heterocycles. The maximum atomic E-state index is 9.97. The van der Waals surface area contributed by atoms with E-state index in [0.717, 1.165) is 7.28 Å². The SMILES string of the molecule is CB[C@@H]1O[C@H](COCC)[C@H](O)C1OPP. The zero-order valence-electron chi connectivity index (χ0n) is 9.18. The van der Waals surface area contributed by atoms with Crippen LogP contribution in [0.15, 0.2) is 0 Å². The molecule has 0 radical (unpaired) electrons. The van der Waals surface area contributed by atoms with Crippen molar-refractivity contribution in [2.75, 3.05) is 13.2 Å². The molecule has 1 fully saturated rings.